The van der Waals surface area contributed by atoms with Crippen molar-refractivity contribution in [2.24, 2.45) is 0 Å². The van der Waals surface area contributed by atoms with Gasteiger partial charge in [-0.05, 0) is 38.3 Å². The fourth-order valence-electron chi connectivity index (χ4n) is 3.30. The van der Waals surface area contributed by atoms with E-state index in [1.165, 1.54) is 24.2 Å². The maximum absolute atomic E-state index is 8.89. The summed E-state index contributed by atoms with van der Waals surface area (Å²) in [5.41, 5.74) is 3.22. The maximum atomic E-state index is 8.89. The molecule has 1 aliphatic heterocycles. The lowest BCUT2D eigenvalue weighted by molar-refractivity contribution is 0.232. The molecule has 1 aliphatic carbocycles. The zero-order valence-electron chi connectivity index (χ0n) is 13.4. The number of hydrogen-bond acceptors (Lipinski definition) is 6. The topological polar surface area (TPSA) is 69.8 Å². The molecule has 124 valence electrons. The quantitative estimate of drug-likeness (QED) is 0.799. The van der Waals surface area contributed by atoms with E-state index in [0.29, 0.717) is 12.5 Å². The molecule has 7 nitrogen and oxygen atoms in total. The van der Waals surface area contributed by atoms with Crippen molar-refractivity contribution in [3.8, 4) is 0 Å². The van der Waals surface area contributed by atoms with Gasteiger partial charge in [0.2, 0.25) is 5.65 Å². The number of aliphatic hydroxyl groups excluding tert-OH is 1. The summed E-state index contributed by atoms with van der Waals surface area (Å²) in [5.74, 6) is 0.625. The van der Waals surface area contributed by atoms with Crippen LogP contribution in [0.4, 0.5) is 5.69 Å². The van der Waals surface area contributed by atoms with Gasteiger partial charge < -0.3 is 10.0 Å². The van der Waals surface area contributed by atoms with Crippen molar-refractivity contribution in [1.82, 2.24) is 24.7 Å². The standard InChI is InChI=1S/C16H24N6O/c23-10-2-1-5-20-6-8-21(9-7-20)15-11-14(13-3-4-13)19-22-12-17-18-16(15)22/h11-13,23H,1-10H2. The molecule has 0 atom stereocenters. The lowest BCUT2D eigenvalue weighted by Crippen LogP contribution is -2.46. The molecule has 1 N–H and O–H groups in total. The number of nitrogens with zero attached hydrogens (tertiary/aromatic N) is 6. The lowest BCUT2D eigenvalue weighted by atomic mass is 10.2. The van der Waals surface area contributed by atoms with Crippen LogP contribution >= 0.6 is 0 Å². The molecule has 7 heteroatoms. The summed E-state index contributed by atoms with van der Waals surface area (Å²) in [7, 11) is 0. The molecule has 0 aromatic carbocycles. The highest BCUT2D eigenvalue weighted by Gasteiger charge is 2.28. The van der Waals surface area contributed by atoms with E-state index in [4.69, 9.17) is 5.11 Å². The fourth-order valence-corrected chi connectivity index (χ4v) is 3.30. The van der Waals surface area contributed by atoms with Crippen molar-refractivity contribution in [2.75, 3.05) is 44.2 Å². The first-order valence-electron chi connectivity index (χ1n) is 8.64. The predicted octanol–water partition coefficient (Wildman–Crippen LogP) is 0.896. The smallest absolute Gasteiger partial charge is 0.200 e. The Bertz CT molecular complexity index is 660. The normalized spacial score (nSPS) is 19.6. The third kappa shape index (κ3) is 3.16. The predicted molar refractivity (Wildman–Crippen MR) is 87.7 cm³/mol. The summed E-state index contributed by atoms with van der Waals surface area (Å²) >= 11 is 0. The number of rotatable bonds is 6. The summed E-state index contributed by atoms with van der Waals surface area (Å²) < 4.78 is 1.83. The van der Waals surface area contributed by atoms with E-state index in [-0.39, 0.29) is 0 Å². The molecule has 1 saturated heterocycles. The second kappa shape index (κ2) is 6.41. The molecular formula is C16H24N6O. The van der Waals surface area contributed by atoms with Crippen molar-refractivity contribution < 1.29 is 5.11 Å². The number of anilines is 1. The zero-order chi connectivity index (χ0) is 15.6. The van der Waals surface area contributed by atoms with Gasteiger partial charge >= 0.3 is 0 Å². The highest BCUT2D eigenvalue weighted by molar-refractivity contribution is 5.68. The number of aliphatic hydroxyl groups is 1. The molecule has 0 amide bonds. The van der Waals surface area contributed by atoms with Crippen LogP contribution in [0.15, 0.2) is 12.4 Å². The van der Waals surface area contributed by atoms with Crippen LogP contribution in [0.5, 0.6) is 0 Å². The Labute approximate surface area is 135 Å². The third-order valence-electron chi connectivity index (χ3n) is 4.86. The molecular weight excluding hydrogens is 292 g/mol. The summed E-state index contributed by atoms with van der Waals surface area (Å²) in [6.07, 6.45) is 6.18. The Hall–Kier alpha value is -1.73. The summed E-state index contributed by atoms with van der Waals surface area (Å²) in [6, 6.07) is 2.23. The van der Waals surface area contributed by atoms with Gasteiger partial charge in [0.25, 0.3) is 0 Å². The van der Waals surface area contributed by atoms with Gasteiger partial charge in [0.1, 0.15) is 6.33 Å². The molecule has 0 unspecified atom stereocenters. The van der Waals surface area contributed by atoms with Crippen LogP contribution in [-0.2, 0) is 0 Å². The molecule has 2 fully saturated rings. The van der Waals surface area contributed by atoms with Gasteiger partial charge in [0, 0.05) is 38.7 Å². The van der Waals surface area contributed by atoms with Gasteiger partial charge in [-0.25, -0.2) is 0 Å². The van der Waals surface area contributed by atoms with Crippen molar-refractivity contribution in [2.45, 2.75) is 31.6 Å². The summed E-state index contributed by atoms with van der Waals surface area (Å²) in [6.45, 7) is 5.52. The molecule has 0 bridgehead atoms. The Balaban J connectivity index is 1.48. The minimum atomic E-state index is 0.297. The van der Waals surface area contributed by atoms with E-state index in [2.05, 4.69) is 31.2 Å². The van der Waals surface area contributed by atoms with Gasteiger partial charge in [-0.3, -0.25) is 4.90 Å². The minimum Gasteiger partial charge on any atom is -0.396 e. The summed E-state index contributed by atoms with van der Waals surface area (Å²) in [5, 5.41) is 21.8. The van der Waals surface area contributed by atoms with Crippen LogP contribution in [0.25, 0.3) is 5.65 Å². The largest absolute Gasteiger partial charge is 0.396 e. The van der Waals surface area contributed by atoms with Crippen molar-refractivity contribution >= 4 is 11.3 Å². The van der Waals surface area contributed by atoms with Crippen molar-refractivity contribution in [3.05, 3.63) is 18.1 Å². The van der Waals surface area contributed by atoms with Crippen molar-refractivity contribution in [3.63, 3.8) is 0 Å². The Kier molecular flexibility index (Phi) is 4.13. The average Bonchev–Trinajstić information content (AvgIpc) is 3.33. The molecule has 2 aromatic rings. The first-order valence-corrected chi connectivity index (χ1v) is 8.64. The number of piperazine rings is 1. The van der Waals surface area contributed by atoms with Crippen molar-refractivity contribution in [1.29, 1.82) is 0 Å². The van der Waals surface area contributed by atoms with Crippen LogP contribution in [0.3, 0.4) is 0 Å². The SMILES string of the molecule is OCCCCN1CCN(c2cc(C3CC3)nn3cnnc23)CC1. The first-order chi connectivity index (χ1) is 11.3. The molecule has 0 spiro atoms. The average molecular weight is 316 g/mol. The van der Waals surface area contributed by atoms with Crippen LogP contribution in [0.2, 0.25) is 0 Å². The second-order valence-electron chi connectivity index (χ2n) is 6.59. The van der Waals surface area contributed by atoms with Gasteiger partial charge in [0.05, 0.1) is 11.4 Å². The number of aromatic nitrogens is 4. The Morgan fingerprint density at radius 3 is 2.70 bits per heavy atom. The Morgan fingerprint density at radius 2 is 1.96 bits per heavy atom. The van der Waals surface area contributed by atoms with Gasteiger partial charge in [-0.1, -0.05) is 0 Å². The lowest BCUT2D eigenvalue weighted by Gasteiger charge is -2.36. The van der Waals surface area contributed by atoms with Gasteiger partial charge in [-0.2, -0.15) is 9.61 Å². The molecule has 4 rings (SSSR count). The number of fused-ring (bicyclic) bond motifs is 1. The van der Waals surface area contributed by atoms with E-state index in [9.17, 15) is 0 Å². The van der Waals surface area contributed by atoms with Gasteiger partial charge in [0.15, 0.2) is 0 Å². The molecule has 3 heterocycles. The Morgan fingerprint density at radius 1 is 1.13 bits per heavy atom. The van der Waals surface area contributed by atoms with Crippen LogP contribution in [0.1, 0.15) is 37.3 Å². The van der Waals surface area contributed by atoms with Crippen LogP contribution in [0, 0.1) is 0 Å². The highest BCUT2D eigenvalue weighted by atomic mass is 16.2. The summed E-state index contributed by atoms with van der Waals surface area (Å²) in [4.78, 5) is 4.90. The molecule has 2 aromatic heterocycles. The van der Waals surface area contributed by atoms with Crippen LogP contribution < -0.4 is 4.90 Å². The minimum absolute atomic E-state index is 0.297. The van der Waals surface area contributed by atoms with E-state index >= 15 is 0 Å². The molecule has 1 saturated carbocycles. The van der Waals surface area contributed by atoms with Gasteiger partial charge in [-0.15, -0.1) is 10.2 Å². The van der Waals surface area contributed by atoms with E-state index in [1.54, 1.807) is 6.33 Å². The molecule has 23 heavy (non-hydrogen) atoms. The fraction of sp³-hybridized carbons (Fsp3) is 0.688. The highest BCUT2D eigenvalue weighted by Crippen LogP contribution is 2.40. The maximum Gasteiger partial charge on any atom is 0.200 e. The molecule has 0 radical (unpaired) electrons. The number of hydrogen-bond donors (Lipinski definition) is 1. The van der Waals surface area contributed by atoms with E-state index in [0.717, 1.165) is 51.2 Å². The number of unbranched alkanes of at least 4 members (excludes halogenated alkanes) is 1. The monoisotopic (exact) mass is 316 g/mol. The molecule has 2 aliphatic rings. The van der Waals surface area contributed by atoms with E-state index in [1.807, 2.05) is 4.52 Å². The van der Waals surface area contributed by atoms with E-state index < -0.39 is 0 Å². The first kappa shape index (κ1) is 14.8. The second-order valence-corrected chi connectivity index (χ2v) is 6.59. The zero-order valence-corrected chi connectivity index (χ0v) is 13.4. The van der Waals surface area contributed by atoms with Crippen LogP contribution in [-0.4, -0.2) is 69.1 Å². The third-order valence-corrected chi connectivity index (χ3v) is 4.86.